The van der Waals surface area contributed by atoms with E-state index in [0.29, 0.717) is 19.4 Å². The van der Waals surface area contributed by atoms with E-state index in [9.17, 15) is 9.59 Å². The number of carboxylic acid groups (broad SMARTS) is 1. The first-order chi connectivity index (χ1) is 9.68. The topological polar surface area (TPSA) is 92.4 Å². The molecule has 0 aromatic heterocycles. The molecule has 4 N–H and O–H groups in total. The molecule has 0 radical (unpaired) electrons. The van der Waals surface area contributed by atoms with Gasteiger partial charge in [-0.05, 0) is 30.6 Å². The van der Waals surface area contributed by atoms with Crippen LogP contribution in [0.5, 0.6) is 0 Å². The lowest BCUT2D eigenvalue weighted by molar-refractivity contribution is -0.137. The SMILES string of the molecule is CCCCC(N)C(=O)NCCC(CCC(=O)O)C(C)(C)C. The Hall–Kier alpha value is -1.10. The number of nitrogens with two attached hydrogens (primary N) is 1. The summed E-state index contributed by atoms with van der Waals surface area (Å²) in [6.45, 7) is 8.94. The molecule has 0 aliphatic rings. The number of amides is 1. The van der Waals surface area contributed by atoms with Crippen LogP contribution in [0.3, 0.4) is 0 Å². The zero-order chi connectivity index (χ0) is 16.5. The van der Waals surface area contributed by atoms with Crippen molar-refractivity contribution in [1.82, 2.24) is 5.32 Å². The van der Waals surface area contributed by atoms with Gasteiger partial charge in [0.1, 0.15) is 0 Å². The van der Waals surface area contributed by atoms with Gasteiger partial charge >= 0.3 is 5.97 Å². The summed E-state index contributed by atoms with van der Waals surface area (Å²) in [6, 6.07) is -0.433. The van der Waals surface area contributed by atoms with Gasteiger partial charge in [0.15, 0.2) is 0 Å². The summed E-state index contributed by atoms with van der Waals surface area (Å²) < 4.78 is 0. The third-order valence-corrected chi connectivity index (χ3v) is 3.93. The van der Waals surface area contributed by atoms with Crippen molar-refractivity contribution in [3.63, 3.8) is 0 Å². The van der Waals surface area contributed by atoms with Gasteiger partial charge in [0.2, 0.25) is 5.91 Å². The molecule has 1 amide bonds. The van der Waals surface area contributed by atoms with Crippen molar-refractivity contribution in [1.29, 1.82) is 0 Å². The van der Waals surface area contributed by atoms with Gasteiger partial charge in [-0.15, -0.1) is 0 Å². The maximum absolute atomic E-state index is 11.8. The van der Waals surface area contributed by atoms with Crippen LogP contribution in [0.1, 0.15) is 66.2 Å². The highest BCUT2D eigenvalue weighted by molar-refractivity contribution is 5.81. The molecule has 5 heteroatoms. The quantitative estimate of drug-likeness (QED) is 0.578. The van der Waals surface area contributed by atoms with Crippen LogP contribution in [0, 0.1) is 11.3 Å². The smallest absolute Gasteiger partial charge is 0.303 e. The molecular weight excluding hydrogens is 268 g/mol. The molecule has 0 spiro atoms. The first-order valence-corrected chi connectivity index (χ1v) is 7.93. The van der Waals surface area contributed by atoms with Crippen LogP contribution in [0.2, 0.25) is 0 Å². The first-order valence-electron chi connectivity index (χ1n) is 7.93. The average Bonchev–Trinajstić information content (AvgIpc) is 2.37. The lowest BCUT2D eigenvalue weighted by Crippen LogP contribution is -2.41. The van der Waals surface area contributed by atoms with Crippen molar-refractivity contribution in [3.05, 3.63) is 0 Å². The molecule has 21 heavy (non-hydrogen) atoms. The Morgan fingerprint density at radius 2 is 1.81 bits per heavy atom. The van der Waals surface area contributed by atoms with Gasteiger partial charge in [0, 0.05) is 13.0 Å². The largest absolute Gasteiger partial charge is 0.481 e. The van der Waals surface area contributed by atoms with Gasteiger partial charge in [-0.2, -0.15) is 0 Å². The van der Waals surface area contributed by atoms with Crippen molar-refractivity contribution in [3.8, 4) is 0 Å². The molecule has 0 saturated heterocycles. The fraction of sp³-hybridized carbons (Fsp3) is 0.875. The Balaban J connectivity index is 4.18. The lowest BCUT2D eigenvalue weighted by atomic mass is 9.76. The Morgan fingerprint density at radius 3 is 2.29 bits per heavy atom. The lowest BCUT2D eigenvalue weighted by Gasteiger charge is -2.30. The number of nitrogens with one attached hydrogen (secondary N) is 1. The van der Waals surface area contributed by atoms with Gasteiger partial charge in [0.05, 0.1) is 6.04 Å². The minimum Gasteiger partial charge on any atom is -0.481 e. The molecule has 0 fully saturated rings. The maximum atomic E-state index is 11.8. The van der Waals surface area contributed by atoms with Crippen molar-refractivity contribution < 1.29 is 14.7 Å². The number of hydrogen-bond acceptors (Lipinski definition) is 3. The first kappa shape index (κ1) is 19.9. The molecule has 0 aliphatic heterocycles. The number of rotatable bonds is 10. The molecule has 0 aliphatic carbocycles. The van der Waals surface area contributed by atoms with E-state index in [1.54, 1.807) is 0 Å². The summed E-state index contributed by atoms with van der Waals surface area (Å²) in [5.41, 5.74) is 5.85. The summed E-state index contributed by atoms with van der Waals surface area (Å²) in [4.78, 5) is 22.5. The molecule has 0 aromatic carbocycles. The highest BCUT2D eigenvalue weighted by atomic mass is 16.4. The van der Waals surface area contributed by atoms with E-state index < -0.39 is 12.0 Å². The van der Waals surface area contributed by atoms with Crippen molar-refractivity contribution in [2.45, 2.75) is 72.3 Å². The molecule has 124 valence electrons. The fourth-order valence-electron chi connectivity index (χ4n) is 2.36. The molecule has 0 aromatic rings. The second kappa shape index (κ2) is 9.77. The van der Waals surface area contributed by atoms with E-state index in [1.165, 1.54) is 0 Å². The van der Waals surface area contributed by atoms with Crippen LogP contribution >= 0.6 is 0 Å². The van der Waals surface area contributed by atoms with Gasteiger partial charge in [0.25, 0.3) is 0 Å². The second-order valence-electron chi connectivity index (χ2n) is 6.82. The van der Waals surface area contributed by atoms with E-state index in [4.69, 9.17) is 10.8 Å². The predicted molar refractivity (Wildman–Crippen MR) is 84.9 cm³/mol. The third-order valence-electron chi connectivity index (χ3n) is 3.93. The normalized spacial score (nSPS) is 14.5. The van der Waals surface area contributed by atoms with Crippen molar-refractivity contribution in [2.24, 2.45) is 17.1 Å². The van der Waals surface area contributed by atoms with E-state index in [1.807, 2.05) is 0 Å². The summed E-state index contributed by atoms with van der Waals surface area (Å²) in [5.74, 6) is -0.606. The number of carboxylic acids is 1. The number of aliphatic carboxylic acids is 1. The summed E-state index contributed by atoms with van der Waals surface area (Å²) in [7, 11) is 0. The zero-order valence-corrected chi connectivity index (χ0v) is 13.9. The maximum Gasteiger partial charge on any atom is 0.303 e. The highest BCUT2D eigenvalue weighted by Crippen LogP contribution is 2.32. The predicted octanol–water partition coefficient (Wildman–Crippen LogP) is 2.54. The van der Waals surface area contributed by atoms with Crippen molar-refractivity contribution in [2.75, 3.05) is 6.54 Å². The van der Waals surface area contributed by atoms with Gasteiger partial charge in [-0.3, -0.25) is 9.59 Å². The summed E-state index contributed by atoms with van der Waals surface area (Å²) in [6.07, 6.45) is 4.29. The van der Waals surface area contributed by atoms with E-state index in [0.717, 1.165) is 19.3 Å². The molecule has 0 rings (SSSR count). The number of carbonyl (C=O) groups is 2. The number of carbonyl (C=O) groups excluding carboxylic acids is 1. The zero-order valence-electron chi connectivity index (χ0n) is 13.9. The van der Waals surface area contributed by atoms with E-state index >= 15 is 0 Å². The number of hydrogen-bond donors (Lipinski definition) is 3. The Kier molecular flexibility index (Phi) is 9.26. The highest BCUT2D eigenvalue weighted by Gasteiger charge is 2.25. The van der Waals surface area contributed by atoms with Gasteiger partial charge in [-0.25, -0.2) is 0 Å². The van der Waals surface area contributed by atoms with E-state index in [2.05, 4.69) is 33.0 Å². The molecule has 2 unspecified atom stereocenters. The standard InChI is InChI=1S/C16H32N2O3/c1-5-6-7-13(17)15(21)18-11-10-12(16(2,3)4)8-9-14(19)20/h12-13H,5-11,17H2,1-4H3,(H,18,21)(H,19,20). The Morgan fingerprint density at radius 1 is 1.19 bits per heavy atom. The Labute approximate surface area is 128 Å². The average molecular weight is 300 g/mol. The summed E-state index contributed by atoms with van der Waals surface area (Å²) >= 11 is 0. The minimum absolute atomic E-state index is 0.0322. The molecular formula is C16H32N2O3. The van der Waals surface area contributed by atoms with Crippen LogP contribution in [0.4, 0.5) is 0 Å². The monoisotopic (exact) mass is 300 g/mol. The van der Waals surface area contributed by atoms with Crippen LogP contribution in [0.25, 0.3) is 0 Å². The molecule has 0 saturated carbocycles. The van der Waals surface area contributed by atoms with Crippen LogP contribution in [-0.2, 0) is 9.59 Å². The molecule has 5 nitrogen and oxygen atoms in total. The van der Waals surface area contributed by atoms with Crippen molar-refractivity contribution >= 4 is 11.9 Å². The molecule has 2 atom stereocenters. The van der Waals surface area contributed by atoms with Gasteiger partial charge in [-0.1, -0.05) is 40.5 Å². The van der Waals surface area contributed by atoms with Gasteiger partial charge < -0.3 is 16.2 Å². The number of unbranched alkanes of at least 4 members (excludes halogenated alkanes) is 1. The molecule has 0 heterocycles. The summed E-state index contributed by atoms with van der Waals surface area (Å²) in [5, 5.41) is 11.7. The fourth-order valence-corrected chi connectivity index (χ4v) is 2.36. The van der Waals surface area contributed by atoms with E-state index in [-0.39, 0.29) is 23.7 Å². The Bertz CT molecular complexity index is 324. The second-order valence-corrected chi connectivity index (χ2v) is 6.82. The van der Waals surface area contributed by atoms with Crippen LogP contribution in [-0.4, -0.2) is 29.6 Å². The molecule has 0 bridgehead atoms. The van der Waals surface area contributed by atoms with Crippen LogP contribution in [0.15, 0.2) is 0 Å². The van der Waals surface area contributed by atoms with Crippen LogP contribution < -0.4 is 11.1 Å². The minimum atomic E-state index is -0.769. The third kappa shape index (κ3) is 9.45.